The summed E-state index contributed by atoms with van der Waals surface area (Å²) < 4.78 is 31.5. The van der Waals surface area contributed by atoms with Gasteiger partial charge in [-0.05, 0) is 29.8 Å². The van der Waals surface area contributed by atoms with Crippen LogP contribution in [0.3, 0.4) is 0 Å². The van der Waals surface area contributed by atoms with Crippen molar-refractivity contribution in [2.45, 2.75) is 6.61 Å². The molecule has 0 radical (unpaired) electrons. The van der Waals surface area contributed by atoms with Gasteiger partial charge < -0.3 is 4.74 Å². The smallest absolute Gasteiger partial charge is 0.154 e. The molecule has 0 saturated heterocycles. The summed E-state index contributed by atoms with van der Waals surface area (Å²) in [4.78, 5) is 10.7. The Labute approximate surface area is 113 Å². The Bertz CT molecular complexity index is 614. The first-order valence-electron chi connectivity index (χ1n) is 5.42. The fourth-order valence-electron chi connectivity index (χ4n) is 1.56. The second-order valence-electron chi connectivity index (χ2n) is 3.81. The van der Waals surface area contributed by atoms with E-state index in [4.69, 9.17) is 16.3 Å². The fraction of sp³-hybridized carbons (Fsp3) is 0.0714. The molecule has 0 fully saturated rings. The molecule has 0 aromatic heterocycles. The van der Waals surface area contributed by atoms with Crippen LogP contribution in [0.2, 0.25) is 5.02 Å². The Morgan fingerprint density at radius 3 is 2.68 bits per heavy atom. The van der Waals surface area contributed by atoms with Crippen LogP contribution in [0, 0.1) is 11.6 Å². The zero-order chi connectivity index (χ0) is 13.8. The molecule has 0 spiro atoms. The standard InChI is InChI=1S/C14H9ClF2O2/c15-14-11(7-18)12(17)4-5-13(14)19-8-9-2-1-3-10(16)6-9/h1-7H,8H2. The van der Waals surface area contributed by atoms with Crippen LogP contribution in [0.4, 0.5) is 8.78 Å². The van der Waals surface area contributed by atoms with Crippen LogP contribution < -0.4 is 4.74 Å². The van der Waals surface area contributed by atoms with Crippen LogP contribution in [-0.2, 0) is 6.61 Å². The molecule has 19 heavy (non-hydrogen) atoms. The molecule has 0 heterocycles. The van der Waals surface area contributed by atoms with Gasteiger partial charge in [-0.3, -0.25) is 4.79 Å². The molecule has 0 N–H and O–H groups in total. The third kappa shape index (κ3) is 3.09. The van der Waals surface area contributed by atoms with E-state index < -0.39 is 5.82 Å². The van der Waals surface area contributed by atoms with Crippen molar-refractivity contribution in [2.75, 3.05) is 0 Å². The Kier molecular flexibility index (Phi) is 4.12. The minimum Gasteiger partial charge on any atom is -0.487 e. The van der Waals surface area contributed by atoms with Gasteiger partial charge in [-0.25, -0.2) is 8.78 Å². The maximum atomic E-state index is 13.2. The van der Waals surface area contributed by atoms with Crippen molar-refractivity contribution in [3.8, 4) is 5.75 Å². The van der Waals surface area contributed by atoms with E-state index in [0.29, 0.717) is 11.8 Å². The summed E-state index contributed by atoms with van der Waals surface area (Å²) in [6, 6.07) is 8.29. The van der Waals surface area contributed by atoms with Gasteiger partial charge >= 0.3 is 0 Å². The van der Waals surface area contributed by atoms with Crippen molar-refractivity contribution in [2.24, 2.45) is 0 Å². The lowest BCUT2D eigenvalue weighted by Gasteiger charge is -2.09. The third-order valence-electron chi connectivity index (χ3n) is 2.49. The van der Waals surface area contributed by atoms with Gasteiger partial charge in [0.05, 0.1) is 10.6 Å². The highest BCUT2D eigenvalue weighted by molar-refractivity contribution is 6.34. The van der Waals surface area contributed by atoms with Gasteiger partial charge in [-0.1, -0.05) is 23.7 Å². The van der Waals surface area contributed by atoms with E-state index in [-0.39, 0.29) is 28.8 Å². The van der Waals surface area contributed by atoms with Crippen molar-refractivity contribution in [3.63, 3.8) is 0 Å². The lowest BCUT2D eigenvalue weighted by Crippen LogP contribution is -1.99. The number of carbonyl (C=O) groups is 1. The first-order valence-corrected chi connectivity index (χ1v) is 5.80. The van der Waals surface area contributed by atoms with Crippen LogP contribution in [0.5, 0.6) is 5.75 Å². The van der Waals surface area contributed by atoms with E-state index in [2.05, 4.69) is 0 Å². The second-order valence-corrected chi connectivity index (χ2v) is 4.19. The summed E-state index contributed by atoms with van der Waals surface area (Å²) in [7, 11) is 0. The fourth-order valence-corrected chi connectivity index (χ4v) is 1.81. The highest BCUT2D eigenvalue weighted by Crippen LogP contribution is 2.29. The summed E-state index contributed by atoms with van der Waals surface area (Å²) >= 11 is 5.84. The van der Waals surface area contributed by atoms with Crippen molar-refractivity contribution in [1.29, 1.82) is 0 Å². The van der Waals surface area contributed by atoms with E-state index in [9.17, 15) is 13.6 Å². The molecule has 2 rings (SSSR count). The number of carbonyl (C=O) groups excluding carboxylic acids is 1. The number of aldehydes is 1. The van der Waals surface area contributed by atoms with Gasteiger partial charge in [0.25, 0.3) is 0 Å². The second kappa shape index (κ2) is 5.80. The molecule has 0 amide bonds. The lowest BCUT2D eigenvalue weighted by atomic mass is 10.2. The number of halogens is 3. The van der Waals surface area contributed by atoms with E-state index >= 15 is 0 Å². The van der Waals surface area contributed by atoms with Crippen molar-refractivity contribution >= 4 is 17.9 Å². The quantitative estimate of drug-likeness (QED) is 0.792. The average Bonchev–Trinajstić information content (AvgIpc) is 2.38. The third-order valence-corrected chi connectivity index (χ3v) is 2.88. The molecule has 2 aromatic rings. The number of ether oxygens (including phenoxy) is 1. The maximum absolute atomic E-state index is 13.2. The molecule has 0 bridgehead atoms. The number of hydrogen-bond donors (Lipinski definition) is 0. The highest BCUT2D eigenvalue weighted by Gasteiger charge is 2.12. The van der Waals surface area contributed by atoms with Crippen molar-refractivity contribution < 1.29 is 18.3 Å². The van der Waals surface area contributed by atoms with Crippen LogP contribution in [0.1, 0.15) is 15.9 Å². The molecule has 0 aliphatic rings. The molecular formula is C14H9ClF2O2. The zero-order valence-electron chi connectivity index (χ0n) is 9.70. The molecule has 0 atom stereocenters. The average molecular weight is 283 g/mol. The van der Waals surface area contributed by atoms with Crippen LogP contribution >= 0.6 is 11.6 Å². The number of benzene rings is 2. The molecule has 0 saturated carbocycles. The predicted molar refractivity (Wildman–Crippen MR) is 67.5 cm³/mol. The largest absolute Gasteiger partial charge is 0.487 e. The van der Waals surface area contributed by atoms with Crippen LogP contribution in [-0.4, -0.2) is 6.29 Å². The summed E-state index contributed by atoms with van der Waals surface area (Å²) in [5, 5.41) is -0.0913. The highest BCUT2D eigenvalue weighted by atomic mass is 35.5. The molecule has 2 aromatic carbocycles. The molecule has 0 aliphatic heterocycles. The predicted octanol–water partition coefficient (Wildman–Crippen LogP) is 4.01. The zero-order valence-corrected chi connectivity index (χ0v) is 10.5. The molecular weight excluding hydrogens is 274 g/mol. The van der Waals surface area contributed by atoms with Gasteiger partial charge in [-0.2, -0.15) is 0 Å². The molecule has 2 nitrogen and oxygen atoms in total. The minimum absolute atomic E-state index is 0.0708. The van der Waals surface area contributed by atoms with Gasteiger partial charge in [-0.15, -0.1) is 0 Å². The van der Waals surface area contributed by atoms with Crippen LogP contribution in [0.25, 0.3) is 0 Å². The summed E-state index contributed by atoms with van der Waals surface area (Å²) in [6.45, 7) is 0.0708. The van der Waals surface area contributed by atoms with Crippen molar-refractivity contribution in [1.82, 2.24) is 0 Å². The van der Waals surface area contributed by atoms with E-state index in [1.165, 1.54) is 18.2 Å². The first-order chi connectivity index (χ1) is 9.11. The number of hydrogen-bond acceptors (Lipinski definition) is 2. The SMILES string of the molecule is O=Cc1c(F)ccc(OCc2cccc(F)c2)c1Cl. The summed E-state index contributed by atoms with van der Waals surface area (Å²) in [6.07, 6.45) is 0.326. The molecule has 98 valence electrons. The van der Waals surface area contributed by atoms with Crippen LogP contribution in [0.15, 0.2) is 36.4 Å². The molecule has 0 aliphatic carbocycles. The topological polar surface area (TPSA) is 26.3 Å². The summed E-state index contributed by atoms with van der Waals surface area (Å²) in [5.74, 6) is -0.910. The van der Waals surface area contributed by atoms with Gasteiger partial charge in [0.15, 0.2) is 6.29 Å². The maximum Gasteiger partial charge on any atom is 0.154 e. The van der Waals surface area contributed by atoms with Gasteiger partial charge in [0.2, 0.25) is 0 Å². The Morgan fingerprint density at radius 1 is 1.21 bits per heavy atom. The van der Waals surface area contributed by atoms with Gasteiger partial charge in [0, 0.05) is 0 Å². The minimum atomic E-state index is -0.710. The van der Waals surface area contributed by atoms with Crippen molar-refractivity contribution in [3.05, 3.63) is 64.2 Å². The monoisotopic (exact) mass is 282 g/mol. The molecule has 5 heteroatoms. The van der Waals surface area contributed by atoms with E-state index in [1.807, 2.05) is 0 Å². The Morgan fingerprint density at radius 2 is 2.00 bits per heavy atom. The Hall–Kier alpha value is -1.94. The molecule has 0 unspecified atom stereocenters. The normalized spacial score (nSPS) is 10.3. The Balaban J connectivity index is 2.18. The van der Waals surface area contributed by atoms with E-state index in [1.54, 1.807) is 12.1 Å². The summed E-state index contributed by atoms with van der Waals surface area (Å²) in [5.41, 5.74) is 0.353. The van der Waals surface area contributed by atoms with E-state index in [0.717, 1.165) is 6.07 Å². The first kappa shape index (κ1) is 13.5. The van der Waals surface area contributed by atoms with Gasteiger partial charge in [0.1, 0.15) is 24.0 Å². The number of rotatable bonds is 4. The lowest BCUT2D eigenvalue weighted by molar-refractivity contribution is 0.111.